The van der Waals surface area contributed by atoms with E-state index in [9.17, 15) is 9.59 Å². The molecular formula is C15H14ClN3O2. The molecule has 4 N–H and O–H groups in total. The van der Waals surface area contributed by atoms with Crippen LogP contribution in [0.15, 0.2) is 42.5 Å². The molecular weight excluding hydrogens is 290 g/mol. The van der Waals surface area contributed by atoms with Crippen molar-refractivity contribution in [2.24, 2.45) is 0 Å². The summed E-state index contributed by atoms with van der Waals surface area (Å²) in [4.78, 5) is 23.4. The zero-order valence-corrected chi connectivity index (χ0v) is 11.9. The summed E-state index contributed by atoms with van der Waals surface area (Å²) in [5.41, 5.74) is 9.05. The molecule has 2 amide bonds. The van der Waals surface area contributed by atoms with Crippen molar-refractivity contribution in [1.29, 1.82) is 0 Å². The molecule has 1 heterocycles. The van der Waals surface area contributed by atoms with Gasteiger partial charge in [0.05, 0.1) is 6.42 Å². The van der Waals surface area contributed by atoms with Gasteiger partial charge in [-0.3, -0.25) is 9.59 Å². The van der Waals surface area contributed by atoms with Crippen LogP contribution in [0.1, 0.15) is 15.9 Å². The average Bonchev–Trinajstić information content (AvgIpc) is 2.78. The largest absolute Gasteiger partial charge is 0.399 e. The molecule has 0 saturated heterocycles. The maximum atomic E-state index is 12.1. The number of carbonyl (C=O) groups is 2. The number of halogens is 1. The summed E-state index contributed by atoms with van der Waals surface area (Å²) in [5.74, 6) is -0.256. The van der Waals surface area contributed by atoms with Gasteiger partial charge in [-0.05, 0) is 42.0 Å². The number of benzene rings is 2. The highest BCUT2D eigenvalue weighted by molar-refractivity contribution is 6.05. The lowest BCUT2D eigenvalue weighted by Gasteiger charge is -2.07. The van der Waals surface area contributed by atoms with Crippen molar-refractivity contribution in [2.45, 2.75) is 6.42 Å². The second-order valence-electron chi connectivity index (χ2n) is 4.68. The van der Waals surface area contributed by atoms with Crippen LogP contribution in [0.2, 0.25) is 0 Å². The van der Waals surface area contributed by atoms with E-state index < -0.39 is 0 Å². The molecule has 0 radical (unpaired) electrons. The molecule has 1 aliphatic rings. The number of hydrogen-bond acceptors (Lipinski definition) is 3. The van der Waals surface area contributed by atoms with Crippen molar-refractivity contribution < 1.29 is 9.59 Å². The van der Waals surface area contributed by atoms with E-state index in [1.165, 1.54) is 0 Å². The molecule has 0 aromatic heterocycles. The summed E-state index contributed by atoms with van der Waals surface area (Å²) in [7, 11) is 0. The molecule has 5 nitrogen and oxygen atoms in total. The Morgan fingerprint density at radius 2 is 2.00 bits per heavy atom. The first-order valence-corrected chi connectivity index (χ1v) is 6.21. The van der Waals surface area contributed by atoms with Gasteiger partial charge in [-0.25, -0.2) is 0 Å². The molecule has 6 heteroatoms. The van der Waals surface area contributed by atoms with Gasteiger partial charge in [0.15, 0.2) is 0 Å². The maximum absolute atomic E-state index is 12.1. The third-order valence-electron chi connectivity index (χ3n) is 3.14. The normalized spacial score (nSPS) is 12.1. The summed E-state index contributed by atoms with van der Waals surface area (Å²) >= 11 is 0. The van der Waals surface area contributed by atoms with Crippen molar-refractivity contribution in [3.63, 3.8) is 0 Å². The highest BCUT2D eigenvalue weighted by Crippen LogP contribution is 2.26. The smallest absolute Gasteiger partial charge is 0.255 e. The molecule has 0 saturated carbocycles. The first-order valence-electron chi connectivity index (χ1n) is 6.21. The maximum Gasteiger partial charge on any atom is 0.255 e. The van der Waals surface area contributed by atoms with Crippen molar-refractivity contribution in [2.75, 3.05) is 16.4 Å². The molecule has 0 atom stereocenters. The number of carbonyl (C=O) groups excluding carboxylic acids is 2. The van der Waals surface area contributed by atoms with Crippen LogP contribution in [0, 0.1) is 0 Å². The van der Waals surface area contributed by atoms with E-state index in [4.69, 9.17) is 5.73 Å². The number of rotatable bonds is 2. The van der Waals surface area contributed by atoms with Crippen LogP contribution >= 0.6 is 12.4 Å². The predicted octanol–water partition coefficient (Wildman–Crippen LogP) is 2.44. The van der Waals surface area contributed by atoms with Crippen molar-refractivity contribution >= 4 is 41.3 Å². The fourth-order valence-corrected chi connectivity index (χ4v) is 2.19. The Kier molecular flexibility index (Phi) is 4.14. The average molecular weight is 304 g/mol. The van der Waals surface area contributed by atoms with Gasteiger partial charge in [-0.1, -0.05) is 6.07 Å². The summed E-state index contributed by atoms with van der Waals surface area (Å²) < 4.78 is 0. The first kappa shape index (κ1) is 14.9. The van der Waals surface area contributed by atoms with Crippen LogP contribution in [0.3, 0.4) is 0 Å². The molecule has 108 valence electrons. The lowest BCUT2D eigenvalue weighted by atomic mass is 10.1. The minimum absolute atomic E-state index is 0. The van der Waals surface area contributed by atoms with Crippen molar-refractivity contribution in [3.8, 4) is 0 Å². The fourth-order valence-electron chi connectivity index (χ4n) is 2.19. The molecule has 0 bridgehead atoms. The molecule has 0 aliphatic carbocycles. The molecule has 2 aromatic rings. The Morgan fingerprint density at radius 1 is 1.19 bits per heavy atom. The monoisotopic (exact) mass is 303 g/mol. The van der Waals surface area contributed by atoms with Crippen LogP contribution in [0.25, 0.3) is 0 Å². The van der Waals surface area contributed by atoms with Gasteiger partial charge in [0, 0.05) is 22.6 Å². The summed E-state index contributed by atoms with van der Waals surface area (Å²) in [6, 6.07) is 12.1. The zero-order valence-electron chi connectivity index (χ0n) is 11.1. The van der Waals surface area contributed by atoms with E-state index in [-0.39, 0.29) is 24.2 Å². The molecule has 0 spiro atoms. The van der Waals surface area contributed by atoms with Crippen molar-refractivity contribution in [1.82, 2.24) is 0 Å². The quantitative estimate of drug-likeness (QED) is 0.745. The molecule has 2 aromatic carbocycles. The SMILES string of the molecule is Cl.Nc1cccc(C(=O)Nc2ccc3c(c2)CC(=O)N3)c1. The van der Waals surface area contributed by atoms with E-state index >= 15 is 0 Å². The standard InChI is InChI=1S/C15H13N3O2.ClH/c16-11-3-1-2-9(6-11)15(20)17-12-4-5-13-10(7-12)8-14(19)18-13;/h1-7H,8,16H2,(H,17,20)(H,18,19);1H. The lowest BCUT2D eigenvalue weighted by Crippen LogP contribution is -2.12. The third kappa shape index (κ3) is 3.14. The van der Waals surface area contributed by atoms with Gasteiger partial charge in [-0.15, -0.1) is 12.4 Å². The number of amides is 2. The highest BCUT2D eigenvalue weighted by atomic mass is 35.5. The number of anilines is 3. The topological polar surface area (TPSA) is 84.2 Å². The van der Waals surface area contributed by atoms with Gasteiger partial charge in [0.1, 0.15) is 0 Å². The summed E-state index contributed by atoms with van der Waals surface area (Å²) in [6.45, 7) is 0. The van der Waals surface area contributed by atoms with E-state index in [2.05, 4.69) is 10.6 Å². The number of fused-ring (bicyclic) bond motifs is 1. The zero-order chi connectivity index (χ0) is 14.1. The fraction of sp³-hybridized carbons (Fsp3) is 0.0667. The Hall–Kier alpha value is -2.53. The Morgan fingerprint density at radius 3 is 2.76 bits per heavy atom. The third-order valence-corrected chi connectivity index (χ3v) is 3.14. The molecule has 0 fully saturated rings. The van der Waals surface area contributed by atoms with Crippen LogP contribution in [0.5, 0.6) is 0 Å². The first-order chi connectivity index (χ1) is 9.61. The van der Waals surface area contributed by atoms with E-state index in [0.29, 0.717) is 23.4 Å². The van der Waals surface area contributed by atoms with Gasteiger partial charge >= 0.3 is 0 Å². The number of hydrogen-bond donors (Lipinski definition) is 3. The van der Waals surface area contributed by atoms with Gasteiger partial charge in [0.25, 0.3) is 5.91 Å². The second kappa shape index (κ2) is 5.85. The Bertz CT molecular complexity index is 716. The van der Waals surface area contributed by atoms with Crippen LogP contribution in [0.4, 0.5) is 17.1 Å². The lowest BCUT2D eigenvalue weighted by molar-refractivity contribution is -0.115. The Balaban J connectivity index is 0.00000161. The van der Waals surface area contributed by atoms with Gasteiger partial charge in [0.2, 0.25) is 5.91 Å². The van der Waals surface area contributed by atoms with E-state index in [1.54, 1.807) is 42.5 Å². The van der Waals surface area contributed by atoms with Crippen LogP contribution in [-0.4, -0.2) is 11.8 Å². The predicted molar refractivity (Wildman–Crippen MR) is 84.8 cm³/mol. The van der Waals surface area contributed by atoms with Gasteiger partial charge < -0.3 is 16.4 Å². The van der Waals surface area contributed by atoms with Crippen LogP contribution in [-0.2, 0) is 11.2 Å². The minimum Gasteiger partial charge on any atom is -0.399 e. The number of nitrogens with two attached hydrogens (primary N) is 1. The summed E-state index contributed by atoms with van der Waals surface area (Å²) in [6.07, 6.45) is 0.345. The van der Waals surface area contributed by atoms with Gasteiger partial charge in [-0.2, -0.15) is 0 Å². The molecule has 1 aliphatic heterocycles. The number of nitrogen functional groups attached to an aromatic ring is 1. The Labute approximate surface area is 127 Å². The number of nitrogens with one attached hydrogen (secondary N) is 2. The minimum atomic E-state index is -0.227. The van der Waals surface area contributed by atoms with Crippen molar-refractivity contribution in [3.05, 3.63) is 53.6 Å². The van der Waals surface area contributed by atoms with E-state index in [1.807, 2.05) is 0 Å². The van der Waals surface area contributed by atoms with Crippen LogP contribution < -0.4 is 16.4 Å². The van der Waals surface area contributed by atoms with E-state index in [0.717, 1.165) is 11.3 Å². The molecule has 0 unspecified atom stereocenters. The molecule has 21 heavy (non-hydrogen) atoms. The summed E-state index contributed by atoms with van der Waals surface area (Å²) in [5, 5.41) is 5.55. The second-order valence-corrected chi connectivity index (χ2v) is 4.68. The molecule has 3 rings (SSSR count). The highest BCUT2D eigenvalue weighted by Gasteiger charge is 2.18.